The molecule has 2 heterocycles. The standard InChI is InChI=1S/C18H21N3O5S2/c1-18(2,3)28(24,25)16-11-21-14(10-19-17(21)9-15(16)26-4)12-6-5-7-13(8-12)20-27(22)23/h5-11,20H,1-4H3,(H,22,23)/p-1. The highest BCUT2D eigenvalue weighted by Crippen LogP contribution is 2.34. The fourth-order valence-corrected chi connectivity index (χ4v) is 4.36. The third-order valence-electron chi connectivity index (χ3n) is 4.25. The van der Waals surface area contributed by atoms with E-state index in [1.165, 1.54) is 13.3 Å². The molecule has 0 aliphatic heterocycles. The lowest BCUT2D eigenvalue weighted by Crippen LogP contribution is -2.28. The summed E-state index contributed by atoms with van der Waals surface area (Å²) in [5, 5.41) is 0. The summed E-state index contributed by atoms with van der Waals surface area (Å²) in [7, 11) is -2.27. The predicted molar refractivity (Wildman–Crippen MR) is 107 cm³/mol. The third-order valence-corrected chi connectivity index (χ3v) is 7.15. The first-order valence-electron chi connectivity index (χ1n) is 8.30. The molecule has 8 nitrogen and oxygen atoms in total. The molecule has 0 bridgehead atoms. The van der Waals surface area contributed by atoms with Crippen LogP contribution in [-0.2, 0) is 21.1 Å². The highest BCUT2D eigenvalue weighted by atomic mass is 32.2. The summed E-state index contributed by atoms with van der Waals surface area (Å²) in [5.41, 5.74) is 2.18. The van der Waals surface area contributed by atoms with Gasteiger partial charge in [0, 0.05) is 34.8 Å². The van der Waals surface area contributed by atoms with Gasteiger partial charge in [-0.25, -0.2) is 13.4 Å². The maximum Gasteiger partial charge on any atom is 0.188 e. The van der Waals surface area contributed by atoms with E-state index >= 15 is 0 Å². The molecule has 0 aliphatic rings. The van der Waals surface area contributed by atoms with Gasteiger partial charge in [-0.3, -0.25) is 8.61 Å². The van der Waals surface area contributed by atoms with Crippen molar-refractivity contribution in [3.05, 3.63) is 42.7 Å². The minimum Gasteiger partial charge on any atom is -0.755 e. The molecule has 28 heavy (non-hydrogen) atoms. The number of pyridine rings is 1. The van der Waals surface area contributed by atoms with Crippen LogP contribution in [0.1, 0.15) is 20.8 Å². The molecule has 2 aromatic heterocycles. The number of nitrogens with zero attached hydrogens (tertiary/aromatic N) is 2. The molecule has 0 radical (unpaired) electrons. The molecule has 0 spiro atoms. The van der Waals surface area contributed by atoms with E-state index in [-0.39, 0.29) is 10.6 Å². The van der Waals surface area contributed by atoms with Crippen molar-refractivity contribution in [3.8, 4) is 17.0 Å². The van der Waals surface area contributed by atoms with Crippen molar-refractivity contribution in [2.24, 2.45) is 0 Å². The first kappa shape index (κ1) is 20.3. The highest BCUT2D eigenvalue weighted by molar-refractivity contribution is 7.92. The molecule has 1 unspecified atom stereocenters. The number of fused-ring (bicyclic) bond motifs is 1. The zero-order valence-electron chi connectivity index (χ0n) is 15.8. The van der Waals surface area contributed by atoms with E-state index in [1.807, 2.05) is 0 Å². The van der Waals surface area contributed by atoms with E-state index in [0.717, 1.165) is 0 Å². The fraction of sp³-hybridized carbons (Fsp3) is 0.278. The number of sulfone groups is 1. The first-order chi connectivity index (χ1) is 13.0. The smallest absolute Gasteiger partial charge is 0.188 e. The van der Waals surface area contributed by atoms with Gasteiger partial charge in [0.2, 0.25) is 0 Å². The van der Waals surface area contributed by atoms with E-state index in [2.05, 4.69) is 9.71 Å². The molecule has 150 valence electrons. The van der Waals surface area contributed by atoms with Gasteiger partial charge in [0.25, 0.3) is 0 Å². The lowest BCUT2D eigenvalue weighted by atomic mass is 10.1. The minimum absolute atomic E-state index is 0.0594. The van der Waals surface area contributed by atoms with E-state index in [0.29, 0.717) is 22.6 Å². The van der Waals surface area contributed by atoms with Crippen LogP contribution in [0.15, 0.2) is 47.6 Å². The third kappa shape index (κ3) is 3.62. The molecule has 1 N–H and O–H groups in total. The van der Waals surface area contributed by atoms with Gasteiger partial charge < -0.3 is 14.0 Å². The van der Waals surface area contributed by atoms with E-state index < -0.39 is 25.9 Å². The lowest BCUT2D eigenvalue weighted by molar-refractivity contribution is 0.401. The van der Waals surface area contributed by atoms with Crippen molar-refractivity contribution in [2.45, 2.75) is 30.4 Å². The summed E-state index contributed by atoms with van der Waals surface area (Å²) in [4.78, 5) is 4.39. The second-order valence-corrected chi connectivity index (χ2v) is 10.5. The number of hydrogen-bond donors (Lipinski definition) is 1. The average Bonchev–Trinajstić information content (AvgIpc) is 3.02. The summed E-state index contributed by atoms with van der Waals surface area (Å²) < 4.78 is 56.1. The molecule has 0 saturated heterocycles. The zero-order valence-corrected chi connectivity index (χ0v) is 17.4. The Morgan fingerprint density at radius 1 is 1.25 bits per heavy atom. The zero-order chi connectivity index (χ0) is 20.7. The largest absolute Gasteiger partial charge is 0.755 e. The fourth-order valence-electron chi connectivity index (χ4n) is 2.73. The van der Waals surface area contributed by atoms with Gasteiger partial charge in [0.1, 0.15) is 16.3 Å². The molecule has 0 aliphatic carbocycles. The number of methoxy groups -OCH3 is 1. The SMILES string of the molecule is COc1cc2ncc(-c3cccc(NS(=O)[O-])c3)n2cc1S(=O)(=O)C(C)(C)C. The molecular formula is C18H20N3O5S2-. The second kappa shape index (κ2) is 7.19. The van der Waals surface area contributed by atoms with Crippen molar-refractivity contribution in [3.63, 3.8) is 0 Å². The Balaban J connectivity index is 2.23. The van der Waals surface area contributed by atoms with Crippen molar-refractivity contribution >= 4 is 32.4 Å². The van der Waals surface area contributed by atoms with Crippen molar-refractivity contribution in [1.82, 2.24) is 9.38 Å². The van der Waals surface area contributed by atoms with E-state index in [9.17, 15) is 17.2 Å². The van der Waals surface area contributed by atoms with Crippen LogP contribution in [0.3, 0.4) is 0 Å². The Bertz CT molecular complexity index is 1160. The summed E-state index contributed by atoms with van der Waals surface area (Å²) in [6.07, 6.45) is 3.08. The van der Waals surface area contributed by atoms with Gasteiger partial charge in [0.05, 0.1) is 23.7 Å². The first-order valence-corrected chi connectivity index (χ1v) is 10.9. The summed E-state index contributed by atoms with van der Waals surface area (Å²) >= 11 is -2.45. The predicted octanol–water partition coefficient (Wildman–Crippen LogP) is 2.79. The molecule has 0 amide bonds. The molecule has 0 saturated carbocycles. The Hall–Kier alpha value is -2.43. The molecule has 1 aromatic carbocycles. The van der Waals surface area contributed by atoms with Crippen LogP contribution in [0.25, 0.3) is 16.9 Å². The van der Waals surface area contributed by atoms with Crippen LogP contribution >= 0.6 is 0 Å². The van der Waals surface area contributed by atoms with Crippen LogP contribution < -0.4 is 9.46 Å². The number of ether oxygens (including phenoxy) is 1. The van der Waals surface area contributed by atoms with E-state index in [4.69, 9.17) is 4.74 Å². The monoisotopic (exact) mass is 422 g/mol. The number of anilines is 1. The Morgan fingerprint density at radius 3 is 2.57 bits per heavy atom. The minimum atomic E-state index is -3.68. The van der Waals surface area contributed by atoms with Gasteiger partial charge in [0.15, 0.2) is 9.84 Å². The number of benzene rings is 1. The summed E-state index contributed by atoms with van der Waals surface area (Å²) in [6.45, 7) is 4.87. The summed E-state index contributed by atoms with van der Waals surface area (Å²) in [6, 6.07) is 8.30. The molecule has 3 aromatic rings. The number of hydrogen-bond acceptors (Lipinski definition) is 6. The molecule has 1 atom stereocenters. The van der Waals surface area contributed by atoms with Gasteiger partial charge >= 0.3 is 0 Å². The van der Waals surface area contributed by atoms with Crippen LogP contribution in [-0.4, -0.2) is 38.4 Å². The van der Waals surface area contributed by atoms with Gasteiger partial charge in [-0.1, -0.05) is 12.1 Å². The number of nitrogens with one attached hydrogen (secondary N) is 1. The maximum atomic E-state index is 13.0. The number of aromatic nitrogens is 2. The van der Waals surface area contributed by atoms with Crippen molar-refractivity contribution < 1.29 is 21.9 Å². The van der Waals surface area contributed by atoms with Gasteiger partial charge in [-0.05, 0) is 32.9 Å². The van der Waals surface area contributed by atoms with Crippen LogP contribution in [0.2, 0.25) is 0 Å². The Morgan fingerprint density at radius 2 is 1.96 bits per heavy atom. The van der Waals surface area contributed by atoms with Crippen LogP contribution in [0.5, 0.6) is 5.75 Å². The van der Waals surface area contributed by atoms with Crippen LogP contribution in [0.4, 0.5) is 5.69 Å². The molecular weight excluding hydrogens is 402 g/mol. The Labute approximate surface area is 165 Å². The normalized spacial score (nSPS) is 13.5. The van der Waals surface area contributed by atoms with Gasteiger partial charge in [-0.2, -0.15) is 0 Å². The van der Waals surface area contributed by atoms with Gasteiger partial charge in [-0.15, -0.1) is 0 Å². The quantitative estimate of drug-likeness (QED) is 0.633. The van der Waals surface area contributed by atoms with Crippen molar-refractivity contribution in [1.29, 1.82) is 0 Å². The second-order valence-electron chi connectivity index (χ2n) is 7.11. The Kier molecular flexibility index (Phi) is 5.22. The highest BCUT2D eigenvalue weighted by Gasteiger charge is 2.34. The number of rotatable bonds is 5. The van der Waals surface area contributed by atoms with E-state index in [1.54, 1.807) is 61.7 Å². The maximum absolute atomic E-state index is 13.0. The summed E-state index contributed by atoms with van der Waals surface area (Å²) in [5.74, 6) is 0.219. The topological polar surface area (TPSA) is 113 Å². The van der Waals surface area contributed by atoms with Crippen LogP contribution in [0, 0.1) is 0 Å². The molecule has 3 rings (SSSR count). The molecule has 0 fully saturated rings. The van der Waals surface area contributed by atoms with Crippen molar-refractivity contribution in [2.75, 3.05) is 11.8 Å². The number of imidazole rings is 1. The lowest BCUT2D eigenvalue weighted by Gasteiger charge is -2.21. The molecule has 10 heteroatoms. The average molecular weight is 423 g/mol.